The van der Waals surface area contributed by atoms with Crippen LogP contribution in [-0.4, -0.2) is 63.6 Å². The monoisotopic (exact) mass is 607 g/mol. The molecule has 9 nitrogen and oxygen atoms in total. The van der Waals surface area contributed by atoms with Crippen molar-refractivity contribution >= 4 is 40.1 Å². The highest BCUT2D eigenvalue weighted by atomic mass is 19.4. The van der Waals surface area contributed by atoms with Gasteiger partial charge < -0.3 is 4.90 Å². The Morgan fingerprint density at radius 2 is 1.82 bits per heavy atom. The standard InChI is InChI=1S/C32H32F3N5O4/c1-30(12-14-38(15-13-30)29(44)31(10-3-11-31)32(33,34)35)39-18-19(17-36-39)16-20-6-7-23-26-21(20)4-2-5-22(26)28(43)40(23)24-8-9-25(41)37-27(24)42/h2,4-7,17-18,24H,3,8-16H2,1H3,(H,37,41,42). The van der Waals surface area contributed by atoms with Crippen LogP contribution in [0.1, 0.15) is 73.4 Å². The van der Waals surface area contributed by atoms with Crippen LogP contribution in [0.2, 0.25) is 0 Å². The maximum Gasteiger partial charge on any atom is 0.403 e. The van der Waals surface area contributed by atoms with Gasteiger partial charge in [-0.2, -0.15) is 18.3 Å². The number of carbonyl (C=O) groups is 4. The van der Waals surface area contributed by atoms with Crippen molar-refractivity contribution < 1.29 is 32.3 Å². The first-order valence-electron chi connectivity index (χ1n) is 15.0. The molecule has 0 radical (unpaired) electrons. The van der Waals surface area contributed by atoms with Crippen molar-refractivity contribution in [1.29, 1.82) is 0 Å². The first-order valence-corrected chi connectivity index (χ1v) is 15.0. The van der Waals surface area contributed by atoms with E-state index in [0.717, 1.165) is 21.9 Å². The molecule has 1 saturated carbocycles. The van der Waals surface area contributed by atoms with Gasteiger partial charge >= 0.3 is 6.18 Å². The molecule has 1 unspecified atom stereocenters. The van der Waals surface area contributed by atoms with Crippen molar-refractivity contribution in [2.24, 2.45) is 5.41 Å². The Morgan fingerprint density at radius 1 is 1.07 bits per heavy atom. The predicted molar refractivity (Wildman–Crippen MR) is 154 cm³/mol. The fourth-order valence-electron chi connectivity index (χ4n) is 7.30. The van der Waals surface area contributed by atoms with Crippen LogP contribution >= 0.6 is 0 Å². The van der Waals surface area contributed by atoms with Crippen molar-refractivity contribution in [2.45, 2.75) is 76.0 Å². The van der Waals surface area contributed by atoms with Gasteiger partial charge in [-0.1, -0.05) is 24.6 Å². The Kier molecular flexibility index (Phi) is 6.42. The second-order valence-electron chi connectivity index (χ2n) is 12.8. The molecule has 1 aliphatic carbocycles. The molecular formula is C32H32F3N5O4. The number of nitrogens with zero attached hydrogens (tertiary/aromatic N) is 4. The molecule has 3 aliphatic heterocycles. The summed E-state index contributed by atoms with van der Waals surface area (Å²) in [4.78, 5) is 53.6. The van der Waals surface area contributed by atoms with Crippen LogP contribution in [0, 0.1) is 5.41 Å². The number of benzene rings is 2. The van der Waals surface area contributed by atoms with Gasteiger partial charge in [0.2, 0.25) is 17.7 Å². The average Bonchev–Trinajstić information content (AvgIpc) is 3.53. The van der Waals surface area contributed by atoms with Crippen LogP contribution in [0.4, 0.5) is 18.9 Å². The first-order chi connectivity index (χ1) is 20.9. The molecule has 3 aromatic rings. The molecule has 4 heterocycles. The Labute approximate surface area is 251 Å². The van der Waals surface area contributed by atoms with E-state index in [1.54, 1.807) is 12.3 Å². The van der Waals surface area contributed by atoms with E-state index >= 15 is 0 Å². The number of imide groups is 1. The number of likely N-dealkylation sites (tertiary alicyclic amines) is 1. The molecule has 0 bridgehead atoms. The molecule has 12 heteroatoms. The first kappa shape index (κ1) is 28.5. The molecule has 4 amide bonds. The summed E-state index contributed by atoms with van der Waals surface area (Å²) in [6, 6.07) is 8.57. The summed E-state index contributed by atoms with van der Waals surface area (Å²) < 4.78 is 43.1. The van der Waals surface area contributed by atoms with E-state index in [0.29, 0.717) is 36.9 Å². The van der Waals surface area contributed by atoms with Gasteiger partial charge in [-0.15, -0.1) is 0 Å². The van der Waals surface area contributed by atoms with Gasteiger partial charge in [-0.25, -0.2) is 0 Å². The number of halogens is 3. The number of rotatable bonds is 5. The SMILES string of the molecule is CC1(n2cc(Cc3ccc4c5c(cccc35)C(=O)N4C3CCC(=O)NC3=O)cn2)CCN(C(=O)C2(C(F)(F)F)CCC2)CC1. The third-order valence-electron chi connectivity index (χ3n) is 10.2. The van der Waals surface area contributed by atoms with Crippen molar-refractivity contribution in [3.63, 3.8) is 0 Å². The number of aromatic nitrogens is 2. The van der Waals surface area contributed by atoms with Crippen molar-refractivity contribution in [3.8, 4) is 0 Å². The lowest BCUT2D eigenvalue weighted by molar-refractivity contribution is -0.249. The minimum Gasteiger partial charge on any atom is -0.342 e. The van der Waals surface area contributed by atoms with Crippen molar-refractivity contribution in [2.75, 3.05) is 18.0 Å². The minimum absolute atomic E-state index is 0.133. The zero-order valence-corrected chi connectivity index (χ0v) is 24.2. The summed E-state index contributed by atoms with van der Waals surface area (Å²) in [7, 11) is 0. The van der Waals surface area contributed by atoms with E-state index in [-0.39, 0.29) is 50.6 Å². The molecule has 1 aromatic heterocycles. The zero-order valence-electron chi connectivity index (χ0n) is 24.2. The fraction of sp³-hybridized carbons (Fsp3) is 0.469. The summed E-state index contributed by atoms with van der Waals surface area (Å²) >= 11 is 0. The molecule has 1 N–H and O–H groups in total. The molecule has 3 fully saturated rings. The second kappa shape index (κ2) is 9.90. The summed E-state index contributed by atoms with van der Waals surface area (Å²) in [5.41, 5.74) is 0.411. The zero-order chi connectivity index (χ0) is 31.0. The van der Waals surface area contributed by atoms with Gasteiger partial charge in [0.1, 0.15) is 11.5 Å². The fourth-order valence-corrected chi connectivity index (χ4v) is 7.30. The van der Waals surface area contributed by atoms with E-state index in [9.17, 15) is 32.3 Å². The van der Waals surface area contributed by atoms with E-state index in [1.807, 2.05) is 42.1 Å². The predicted octanol–water partition coefficient (Wildman–Crippen LogP) is 4.46. The molecule has 4 aliphatic rings. The normalized spacial score (nSPS) is 22.7. The Morgan fingerprint density at radius 3 is 2.48 bits per heavy atom. The minimum atomic E-state index is -4.53. The lowest BCUT2D eigenvalue weighted by Crippen LogP contribution is -2.58. The summed E-state index contributed by atoms with van der Waals surface area (Å²) in [6.45, 7) is 2.51. The number of carbonyl (C=O) groups excluding carboxylic acids is 4. The third-order valence-corrected chi connectivity index (χ3v) is 10.2. The summed E-state index contributed by atoms with van der Waals surface area (Å²) in [6.07, 6.45) is 1.30. The Bertz CT molecular complexity index is 1720. The van der Waals surface area contributed by atoms with Gasteiger partial charge in [0.25, 0.3) is 5.91 Å². The summed E-state index contributed by atoms with van der Waals surface area (Å²) in [5, 5.41) is 8.63. The van der Waals surface area contributed by atoms with Crippen LogP contribution in [0.3, 0.4) is 0 Å². The number of nitrogens with one attached hydrogen (secondary N) is 1. The number of piperidine rings is 2. The largest absolute Gasteiger partial charge is 0.403 e. The quantitative estimate of drug-likeness (QED) is 0.432. The smallest absolute Gasteiger partial charge is 0.342 e. The molecular weight excluding hydrogens is 575 g/mol. The van der Waals surface area contributed by atoms with Gasteiger partial charge in [-0.3, -0.25) is 34.1 Å². The summed E-state index contributed by atoms with van der Waals surface area (Å²) in [5.74, 6) is -1.87. The van der Waals surface area contributed by atoms with Crippen LogP contribution in [0.5, 0.6) is 0 Å². The highest BCUT2D eigenvalue weighted by molar-refractivity contribution is 6.27. The van der Waals surface area contributed by atoms with Crippen molar-refractivity contribution in [3.05, 3.63) is 59.4 Å². The third kappa shape index (κ3) is 4.24. The van der Waals surface area contributed by atoms with Crippen molar-refractivity contribution in [1.82, 2.24) is 20.0 Å². The molecule has 7 rings (SSSR count). The number of hydrogen-bond donors (Lipinski definition) is 1. The lowest BCUT2D eigenvalue weighted by Gasteiger charge is -2.47. The van der Waals surface area contributed by atoms with Gasteiger partial charge in [-0.05, 0) is 67.7 Å². The van der Waals surface area contributed by atoms with Crippen LogP contribution < -0.4 is 10.2 Å². The average molecular weight is 608 g/mol. The molecule has 230 valence electrons. The number of hydrogen-bond acceptors (Lipinski definition) is 5. The Hall–Kier alpha value is -4.22. The van der Waals surface area contributed by atoms with Gasteiger partial charge in [0.05, 0.1) is 17.4 Å². The number of amides is 4. The van der Waals surface area contributed by atoms with E-state index in [1.165, 1.54) is 9.80 Å². The van der Waals surface area contributed by atoms with Crippen LogP contribution in [-0.2, 0) is 26.3 Å². The van der Waals surface area contributed by atoms with Gasteiger partial charge in [0.15, 0.2) is 0 Å². The van der Waals surface area contributed by atoms with Crippen LogP contribution in [0.25, 0.3) is 10.8 Å². The number of alkyl halides is 3. The molecule has 2 aromatic carbocycles. The maximum atomic E-state index is 13.7. The van der Waals surface area contributed by atoms with Crippen LogP contribution in [0.15, 0.2) is 42.7 Å². The number of anilines is 1. The topological polar surface area (TPSA) is 105 Å². The molecule has 1 atom stereocenters. The van der Waals surface area contributed by atoms with E-state index in [4.69, 9.17) is 0 Å². The lowest BCUT2D eigenvalue weighted by atomic mass is 9.66. The Balaban J connectivity index is 1.09. The highest BCUT2D eigenvalue weighted by Gasteiger charge is 2.64. The molecule has 0 spiro atoms. The van der Waals surface area contributed by atoms with Gasteiger partial charge in [0, 0.05) is 43.1 Å². The van der Waals surface area contributed by atoms with E-state index < -0.39 is 35.0 Å². The highest BCUT2D eigenvalue weighted by Crippen LogP contribution is 2.54. The molecule has 44 heavy (non-hydrogen) atoms. The van der Waals surface area contributed by atoms with E-state index in [2.05, 4.69) is 10.4 Å². The second-order valence-corrected chi connectivity index (χ2v) is 12.8. The maximum absolute atomic E-state index is 13.7. The molecule has 2 saturated heterocycles.